The van der Waals surface area contributed by atoms with Crippen molar-refractivity contribution in [3.63, 3.8) is 0 Å². The summed E-state index contributed by atoms with van der Waals surface area (Å²) < 4.78 is 3.19. The SMILES string of the molecule is Cn1cc(-c2cc(NN)nc(-c3cc(Br)c(Cl)s3)n2)cn1. The van der Waals surface area contributed by atoms with Gasteiger partial charge in [-0.3, -0.25) is 4.68 Å². The van der Waals surface area contributed by atoms with Gasteiger partial charge in [0.15, 0.2) is 5.82 Å². The Balaban J connectivity index is 2.13. The Morgan fingerprint density at radius 3 is 2.76 bits per heavy atom. The second-order valence-electron chi connectivity index (χ2n) is 4.24. The van der Waals surface area contributed by atoms with Gasteiger partial charge in [0.05, 0.1) is 16.8 Å². The van der Waals surface area contributed by atoms with Crippen LogP contribution in [0.3, 0.4) is 0 Å². The molecule has 0 fully saturated rings. The Morgan fingerprint density at radius 1 is 1.38 bits per heavy atom. The number of aryl methyl sites for hydroxylation is 1. The van der Waals surface area contributed by atoms with Crippen molar-refractivity contribution >= 4 is 44.7 Å². The van der Waals surface area contributed by atoms with Gasteiger partial charge in [-0.05, 0) is 22.0 Å². The molecule has 9 heteroatoms. The van der Waals surface area contributed by atoms with Gasteiger partial charge < -0.3 is 5.43 Å². The highest BCUT2D eigenvalue weighted by atomic mass is 79.9. The maximum Gasteiger partial charge on any atom is 0.172 e. The van der Waals surface area contributed by atoms with E-state index in [2.05, 4.69) is 36.4 Å². The molecule has 0 aliphatic heterocycles. The molecule has 0 aliphatic carbocycles. The van der Waals surface area contributed by atoms with E-state index in [1.165, 1.54) is 11.3 Å². The van der Waals surface area contributed by atoms with Gasteiger partial charge in [-0.25, -0.2) is 15.8 Å². The van der Waals surface area contributed by atoms with Gasteiger partial charge >= 0.3 is 0 Å². The van der Waals surface area contributed by atoms with Crippen LogP contribution in [0.2, 0.25) is 4.34 Å². The molecule has 3 aromatic rings. The van der Waals surface area contributed by atoms with Crippen LogP contribution in [-0.2, 0) is 7.05 Å². The average Bonchev–Trinajstić information content (AvgIpc) is 3.05. The molecule has 3 rings (SSSR count). The van der Waals surface area contributed by atoms with E-state index >= 15 is 0 Å². The van der Waals surface area contributed by atoms with Crippen LogP contribution in [-0.4, -0.2) is 19.7 Å². The fraction of sp³-hybridized carbons (Fsp3) is 0.0833. The first-order chi connectivity index (χ1) is 10.1. The van der Waals surface area contributed by atoms with Crippen LogP contribution in [0.15, 0.2) is 29.0 Å². The summed E-state index contributed by atoms with van der Waals surface area (Å²) in [5.41, 5.74) is 4.18. The summed E-state index contributed by atoms with van der Waals surface area (Å²) in [6, 6.07) is 3.65. The van der Waals surface area contributed by atoms with Crippen LogP contribution >= 0.6 is 38.9 Å². The van der Waals surface area contributed by atoms with E-state index in [9.17, 15) is 0 Å². The first-order valence-corrected chi connectivity index (χ1v) is 7.85. The standard InChI is InChI=1S/C12H10BrClN6S/c1-20-5-6(4-16-20)8-3-10(19-15)18-12(17-8)9-2-7(13)11(14)21-9/h2-5H,15H2,1H3,(H,17,18,19). The smallest absolute Gasteiger partial charge is 0.172 e. The number of nitrogen functional groups attached to an aromatic ring is 1. The minimum atomic E-state index is 0.527. The van der Waals surface area contributed by atoms with Crippen molar-refractivity contribution in [1.82, 2.24) is 19.7 Å². The third-order valence-electron chi connectivity index (χ3n) is 2.74. The summed E-state index contributed by atoms with van der Waals surface area (Å²) >= 11 is 10.9. The number of halogens is 2. The molecule has 0 radical (unpaired) electrons. The number of nitrogens with zero attached hydrogens (tertiary/aromatic N) is 4. The molecule has 6 nitrogen and oxygen atoms in total. The monoisotopic (exact) mass is 384 g/mol. The van der Waals surface area contributed by atoms with Crippen molar-refractivity contribution in [3.05, 3.63) is 33.3 Å². The van der Waals surface area contributed by atoms with Crippen molar-refractivity contribution in [1.29, 1.82) is 0 Å². The zero-order valence-corrected chi connectivity index (χ0v) is 14.0. The van der Waals surface area contributed by atoms with Crippen LogP contribution in [0.1, 0.15) is 0 Å². The number of thiophene rings is 1. The number of aromatic nitrogens is 4. The second kappa shape index (κ2) is 5.72. The fourth-order valence-electron chi connectivity index (χ4n) is 1.79. The van der Waals surface area contributed by atoms with E-state index in [1.807, 2.05) is 19.3 Å². The molecule has 0 unspecified atom stereocenters. The molecule has 0 saturated heterocycles. The van der Waals surface area contributed by atoms with Gasteiger partial charge in [-0.2, -0.15) is 5.10 Å². The summed E-state index contributed by atoms with van der Waals surface area (Å²) in [6.45, 7) is 0. The molecule has 0 aromatic carbocycles. The van der Waals surface area contributed by atoms with Gasteiger partial charge in [0.25, 0.3) is 0 Å². The number of hydrogen-bond acceptors (Lipinski definition) is 6. The molecular formula is C12H10BrClN6S. The maximum absolute atomic E-state index is 6.08. The Hall–Kier alpha value is -1.48. The number of hydrazine groups is 1. The first-order valence-electron chi connectivity index (χ1n) is 5.86. The normalized spacial score (nSPS) is 10.9. The number of rotatable bonds is 3. The summed E-state index contributed by atoms with van der Waals surface area (Å²) in [4.78, 5) is 9.78. The molecule has 0 atom stereocenters. The lowest BCUT2D eigenvalue weighted by atomic mass is 10.2. The zero-order chi connectivity index (χ0) is 15.0. The lowest BCUT2D eigenvalue weighted by Crippen LogP contribution is -2.09. The topological polar surface area (TPSA) is 81.7 Å². The summed E-state index contributed by atoms with van der Waals surface area (Å²) in [7, 11) is 1.85. The van der Waals surface area contributed by atoms with Crippen molar-refractivity contribution in [2.24, 2.45) is 12.9 Å². The first kappa shape index (κ1) is 14.5. The number of nitrogens with one attached hydrogen (secondary N) is 1. The van der Waals surface area contributed by atoms with E-state index in [0.717, 1.165) is 20.6 Å². The van der Waals surface area contributed by atoms with Crippen LogP contribution in [0.5, 0.6) is 0 Å². The van der Waals surface area contributed by atoms with Crippen LogP contribution in [0.25, 0.3) is 22.0 Å². The van der Waals surface area contributed by atoms with E-state index in [1.54, 1.807) is 16.9 Å². The van der Waals surface area contributed by atoms with Gasteiger partial charge in [-0.1, -0.05) is 11.6 Å². The van der Waals surface area contributed by atoms with Crippen molar-refractivity contribution in [3.8, 4) is 22.0 Å². The highest BCUT2D eigenvalue weighted by Gasteiger charge is 2.13. The van der Waals surface area contributed by atoms with Crippen molar-refractivity contribution in [2.75, 3.05) is 5.43 Å². The fourth-order valence-corrected chi connectivity index (χ4v) is 3.43. The zero-order valence-electron chi connectivity index (χ0n) is 10.8. The third kappa shape index (κ3) is 2.93. The molecule has 0 bridgehead atoms. The van der Waals surface area contributed by atoms with E-state index in [4.69, 9.17) is 17.4 Å². The molecule has 3 N–H and O–H groups in total. The molecule has 21 heavy (non-hydrogen) atoms. The molecule has 3 heterocycles. The Bertz CT molecular complexity index is 779. The number of nitrogens with two attached hydrogens (primary N) is 1. The predicted molar refractivity (Wildman–Crippen MR) is 88.1 cm³/mol. The number of anilines is 1. The molecule has 108 valence electrons. The Morgan fingerprint density at radius 2 is 2.19 bits per heavy atom. The molecule has 0 amide bonds. The quantitative estimate of drug-likeness (QED) is 0.534. The molecular weight excluding hydrogens is 376 g/mol. The lowest BCUT2D eigenvalue weighted by Gasteiger charge is -2.05. The summed E-state index contributed by atoms with van der Waals surface area (Å²) in [5, 5.41) is 4.15. The number of hydrogen-bond donors (Lipinski definition) is 2. The van der Waals surface area contributed by atoms with E-state index in [0.29, 0.717) is 16.0 Å². The van der Waals surface area contributed by atoms with Crippen molar-refractivity contribution < 1.29 is 0 Å². The molecule has 0 saturated carbocycles. The van der Waals surface area contributed by atoms with Crippen LogP contribution in [0, 0.1) is 0 Å². The van der Waals surface area contributed by atoms with E-state index in [-0.39, 0.29) is 0 Å². The molecule has 3 aromatic heterocycles. The average molecular weight is 386 g/mol. The minimum Gasteiger partial charge on any atom is -0.308 e. The maximum atomic E-state index is 6.08. The molecule has 0 aliphatic rings. The summed E-state index contributed by atoms with van der Waals surface area (Å²) in [5.74, 6) is 6.58. The van der Waals surface area contributed by atoms with E-state index < -0.39 is 0 Å². The minimum absolute atomic E-state index is 0.527. The van der Waals surface area contributed by atoms with Gasteiger partial charge in [0, 0.05) is 29.3 Å². The lowest BCUT2D eigenvalue weighted by molar-refractivity contribution is 0.768. The predicted octanol–water partition coefficient (Wildman–Crippen LogP) is 3.31. The molecule has 0 spiro atoms. The largest absolute Gasteiger partial charge is 0.308 e. The highest BCUT2D eigenvalue weighted by Crippen LogP contribution is 2.37. The van der Waals surface area contributed by atoms with Gasteiger partial charge in [-0.15, -0.1) is 11.3 Å². The second-order valence-corrected chi connectivity index (χ2v) is 6.75. The third-order valence-corrected chi connectivity index (χ3v) is 5.21. The van der Waals surface area contributed by atoms with Gasteiger partial charge in [0.1, 0.15) is 10.2 Å². The van der Waals surface area contributed by atoms with Crippen LogP contribution in [0.4, 0.5) is 5.82 Å². The highest BCUT2D eigenvalue weighted by molar-refractivity contribution is 9.10. The van der Waals surface area contributed by atoms with Crippen molar-refractivity contribution in [2.45, 2.75) is 0 Å². The van der Waals surface area contributed by atoms with Crippen LogP contribution < -0.4 is 11.3 Å². The van der Waals surface area contributed by atoms with Gasteiger partial charge in [0.2, 0.25) is 0 Å². The Kier molecular flexibility index (Phi) is 3.94. The summed E-state index contributed by atoms with van der Waals surface area (Å²) in [6.07, 6.45) is 3.62. The Labute approximate surface area is 138 Å².